The highest BCUT2D eigenvalue weighted by atomic mass is 32.2. The number of esters is 1. The van der Waals surface area contributed by atoms with E-state index in [1.54, 1.807) is 31.7 Å². The number of sulfonamides is 1. The average Bonchev–Trinajstić information content (AvgIpc) is 2.60. The van der Waals surface area contributed by atoms with Crippen LogP contribution in [0.5, 0.6) is 0 Å². The number of carbonyl (C=O) groups excluding carboxylic acids is 2. The summed E-state index contributed by atoms with van der Waals surface area (Å²) < 4.78 is 32.1. The van der Waals surface area contributed by atoms with Gasteiger partial charge in [0.05, 0.1) is 10.5 Å². The lowest BCUT2D eigenvalue weighted by molar-refractivity contribution is -0.138. The van der Waals surface area contributed by atoms with Crippen LogP contribution in [0, 0.1) is 6.92 Å². The van der Waals surface area contributed by atoms with Gasteiger partial charge in [-0.1, -0.05) is 19.9 Å². The van der Waals surface area contributed by atoms with Gasteiger partial charge in [-0.3, -0.25) is 4.79 Å². The Morgan fingerprint density at radius 1 is 1.04 bits per heavy atom. The van der Waals surface area contributed by atoms with Crippen LogP contribution in [0.3, 0.4) is 0 Å². The zero-order valence-electron chi connectivity index (χ0n) is 17.9. The zero-order chi connectivity index (χ0) is 21.6. The summed E-state index contributed by atoms with van der Waals surface area (Å²) >= 11 is 0. The summed E-state index contributed by atoms with van der Waals surface area (Å²) in [5, 5.41) is 0. The van der Waals surface area contributed by atoms with Crippen molar-refractivity contribution in [3.05, 3.63) is 29.3 Å². The number of carbonyl (C=O) groups is 2. The maximum Gasteiger partial charge on any atom is 0.338 e. The van der Waals surface area contributed by atoms with Crippen LogP contribution in [0.15, 0.2) is 23.1 Å². The standard InChI is InChI=1S/C20H32N2O5S/c1-8-21(9-2)28(25,26)18-12-17(11-10-16(18)7)20(24)27-13-19(23)22(14(3)4)15(5)6/h10-12,14-15H,8-9,13H2,1-7H3. The quantitative estimate of drug-likeness (QED) is 0.582. The Labute approximate surface area is 168 Å². The van der Waals surface area contributed by atoms with Crippen LogP contribution >= 0.6 is 0 Å². The van der Waals surface area contributed by atoms with Gasteiger partial charge in [-0.25, -0.2) is 13.2 Å². The normalized spacial score (nSPS) is 11.9. The first-order valence-electron chi connectivity index (χ1n) is 9.56. The summed E-state index contributed by atoms with van der Waals surface area (Å²) in [6, 6.07) is 4.36. The van der Waals surface area contributed by atoms with Gasteiger partial charge >= 0.3 is 5.97 Å². The van der Waals surface area contributed by atoms with Crippen LogP contribution in [0.1, 0.15) is 57.5 Å². The van der Waals surface area contributed by atoms with Crippen molar-refractivity contribution in [1.82, 2.24) is 9.21 Å². The Morgan fingerprint density at radius 3 is 2.04 bits per heavy atom. The van der Waals surface area contributed by atoms with Gasteiger partial charge in [-0.2, -0.15) is 4.31 Å². The Balaban J connectivity index is 3.04. The molecule has 1 aromatic rings. The van der Waals surface area contributed by atoms with Gasteiger partial charge in [0.2, 0.25) is 10.0 Å². The molecule has 1 amide bonds. The fraction of sp³-hybridized carbons (Fsp3) is 0.600. The first-order chi connectivity index (χ1) is 13.0. The minimum absolute atomic E-state index is 0.0172. The first kappa shape index (κ1) is 24.1. The van der Waals surface area contributed by atoms with Gasteiger partial charge in [0, 0.05) is 25.2 Å². The number of nitrogens with zero attached hydrogens (tertiary/aromatic N) is 2. The fourth-order valence-corrected chi connectivity index (χ4v) is 4.87. The number of rotatable bonds is 9. The Morgan fingerprint density at radius 2 is 1.57 bits per heavy atom. The van der Waals surface area contributed by atoms with E-state index in [1.807, 2.05) is 27.7 Å². The van der Waals surface area contributed by atoms with Crippen molar-refractivity contribution >= 4 is 21.9 Å². The van der Waals surface area contributed by atoms with Crippen molar-refractivity contribution in [2.75, 3.05) is 19.7 Å². The molecule has 0 fully saturated rings. The summed E-state index contributed by atoms with van der Waals surface area (Å²) in [6.45, 7) is 13.1. The molecule has 0 aromatic heterocycles. The van der Waals surface area contributed by atoms with E-state index in [0.29, 0.717) is 18.7 Å². The molecule has 0 bridgehead atoms. The molecule has 0 aliphatic rings. The van der Waals surface area contributed by atoms with Gasteiger partial charge in [0.25, 0.3) is 5.91 Å². The van der Waals surface area contributed by atoms with Crippen molar-refractivity contribution in [1.29, 1.82) is 0 Å². The lowest BCUT2D eigenvalue weighted by Crippen LogP contribution is -2.44. The number of hydrogen-bond donors (Lipinski definition) is 0. The number of hydrogen-bond acceptors (Lipinski definition) is 5. The minimum Gasteiger partial charge on any atom is -0.452 e. The van der Waals surface area contributed by atoms with Gasteiger partial charge < -0.3 is 9.64 Å². The Hall–Kier alpha value is -1.93. The molecule has 158 valence electrons. The summed E-state index contributed by atoms with van der Waals surface area (Å²) in [7, 11) is -3.70. The maximum atomic E-state index is 12.8. The van der Waals surface area contributed by atoms with E-state index in [-0.39, 0.29) is 35.1 Å². The highest BCUT2D eigenvalue weighted by Crippen LogP contribution is 2.22. The highest BCUT2D eigenvalue weighted by Gasteiger charge is 2.26. The molecule has 1 rings (SSSR count). The van der Waals surface area contributed by atoms with Crippen molar-refractivity contribution in [2.24, 2.45) is 0 Å². The van der Waals surface area contributed by atoms with E-state index in [2.05, 4.69) is 0 Å². The Bertz CT molecular complexity index is 791. The molecular formula is C20H32N2O5S. The summed E-state index contributed by atoms with van der Waals surface area (Å²) in [5.41, 5.74) is 0.648. The number of benzene rings is 1. The lowest BCUT2D eigenvalue weighted by Gasteiger charge is -2.30. The van der Waals surface area contributed by atoms with Crippen molar-refractivity contribution < 1.29 is 22.7 Å². The summed E-state index contributed by atoms with van der Waals surface area (Å²) in [5.74, 6) is -1.02. The molecular weight excluding hydrogens is 380 g/mol. The van der Waals surface area contributed by atoms with Crippen LogP contribution in [0.2, 0.25) is 0 Å². The monoisotopic (exact) mass is 412 g/mol. The molecule has 0 N–H and O–H groups in total. The molecule has 0 heterocycles. The van der Waals surface area contributed by atoms with Crippen LogP contribution in [-0.2, 0) is 19.6 Å². The van der Waals surface area contributed by atoms with E-state index >= 15 is 0 Å². The van der Waals surface area contributed by atoms with Crippen LogP contribution in [0.25, 0.3) is 0 Å². The summed E-state index contributed by atoms with van der Waals surface area (Å²) in [6.07, 6.45) is 0. The summed E-state index contributed by atoms with van der Waals surface area (Å²) in [4.78, 5) is 26.5. The SMILES string of the molecule is CCN(CC)S(=O)(=O)c1cc(C(=O)OCC(=O)N(C(C)C)C(C)C)ccc1C. The molecule has 8 heteroatoms. The van der Waals surface area contributed by atoms with E-state index < -0.39 is 16.0 Å². The van der Waals surface area contributed by atoms with Crippen LogP contribution < -0.4 is 0 Å². The third-order valence-corrected chi connectivity index (χ3v) is 6.67. The fourth-order valence-electron chi connectivity index (χ4n) is 3.16. The third kappa shape index (κ3) is 5.54. The predicted octanol–water partition coefficient (Wildman–Crippen LogP) is 2.83. The van der Waals surface area contributed by atoms with Crippen LogP contribution in [0.4, 0.5) is 0 Å². The molecule has 0 atom stereocenters. The van der Waals surface area contributed by atoms with Crippen molar-refractivity contribution in [3.8, 4) is 0 Å². The first-order valence-corrected chi connectivity index (χ1v) is 11.0. The van der Waals surface area contributed by atoms with E-state index in [0.717, 1.165) is 0 Å². The molecule has 28 heavy (non-hydrogen) atoms. The molecule has 7 nitrogen and oxygen atoms in total. The third-order valence-electron chi connectivity index (χ3n) is 4.47. The zero-order valence-corrected chi connectivity index (χ0v) is 18.7. The Kier molecular flexibility index (Phi) is 8.63. The number of aryl methyl sites for hydroxylation is 1. The molecule has 0 unspecified atom stereocenters. The molecule has 0 radical (unpaired) electrons. The predicted molar refractivity (Wildman–Crippen MR) is 109 cm³/mol. The van der Waals surface area contributed by atoms with E-state index in [9.17, 15) is 18.0 Å². The topological polar surface area (TPSA) is 84.0 Å². The maximum absolute atomic E-state index is 12.8. The van der Waals surface area contributed by atoms with Gasteiger partial charge in [0.15, 0.2) is 6.61 Å². The number of amides is 1. The van der Waals surface area contributed by atoms with Gasteiger partial charge in [0.1, 0.15) is 0 Å². The van der Waals surface area contributed by atoms with E-state index in [4.69, 9.17) is 4.74 Å². The molecule has 0 saturated heterocycles. The highest BCUT2D eigenvalue weighted by molar-refractivity contribution is 7.89. The van der Waals surface area contributed by atoms with Gasteiger partial charge in [-0.15, -0.1) is 0 Å². The number of ether oxygens (including phenoxy) is 1. The second kappa shape index (κ2) is 10.0. The average molecular weight is 413 g/mol. The molecule has 0 spiro atoms. The van der Waals surface area contributed by atoms with Crippen molar-refractivity contribution in [2.45, 2.75) is 65.4 Å². The van der Waals surface area contributed by atoms with Gasteiger partial charge in [-0.05, 0) is 52.3 Å². The van der Waals surface area contributed by atoms with Crippen molar-refractivity contribution in [3.63, 3.8) is 0 Å². The lowest BCUT2D eigenvalue weighted by atomic mass is 10.1. The molecule has 1 aromatic carbocycles. The second-order valence-electron chi connectivity index (χ2n) is 7.13. The van der Waals surface area contributed by atoms with Crippen LogP contribution in [-0.4, -0.2) is 61.3 Å². The largest absolute Gasteiger partial charge is 0.452 e. The minimum atomic E-state index is -3.70. The second-order valence-corrected chi connectivity index (χ2v) is 9.04. The molecule has 0 saturated carbocycles. The molecule has 0 aliphatic carbocycles. The van der Waals surface area contributed by atoms with E-state index in [1.165, 1.54) is 16.4 Å². The smallest absolute Gasteiger partial charge is 0.338 e. The molecule has 0 aliphatic heterocycles.